The van der Waals surface area contributed by atoms with Crippen LogP contribution in [0.2, 0.25) is 0 Å². The molecule has 0 saturated carbocycles. The fourth-order valence-corrected chi connectivity index (χ4v) is 2.28. The van der Waals surface area contributed by atoms with Crippen LogP contribution in [0.5, 0.6) is 5.75 Å². The number of hydrogen-bond acceptors (Lipinski definition) is 3. The number of nitrogens with one attached hydrogen (secondary N) is 2. The molecule has 1 aromatic rings. The van der Waals surface area contributed by atoms with E-state index >= 15 is 0 Å². The van der Waals surface area contributed by atoms with Crippen LogP contribution in [0.4, 0.5) is 5.69 Å². The molecule has 92 valence electrons. The molecule has 1 aromatic carbocycles. The number of hydrogen-bond donors (Lipinski definition) is 2. The molecule has 4 nitrogen and oxygen atoms in total. The molecule has 0 unspecified atom stereocenters. The lowest BCUT2D eigenvalue weighted by Gasteiger charge is -2.26. The van der Waals surface area contributed by atoms with Crippen LogP contribution in [-0.2, 0) is 4.79 Å². The van der Waals surface area contributed by atoms with Crippen LogP contribution >= 0.6 is 15.9 Å². The summed E-state index contributed by atoms with van der Waals surface area (Å²) in [6.07, 6.45) is 0. The summed E-state index contributed by atoms with van der Waals surface area (Å²) in [7, 11) is 1.60. The lowest BCUT2D eigenvalue weighted by Crippen LogP contribution is -2.48. The molecule has 1 aliphatic rings. The van der Waals surface area contributed by atoms with E-state index in [-0.39, 0.29) is 11.8 Å². The van der Waals surface area contributed by atoms with Crippen molar-refractivity contribution < 1.29 is 9.53 Å². The lowest BCUT2D eigenvalue weighted by molar-refractivity contribution is -0.121. The Morgan fingerprint density at radius 3 is 2.76 bits per heavy atom. The van der Waals surface area contributed by atoms with Crippen molar-refractivity contribution >= 4 is 27.5 Å². The minimum atomic E-state index is 0.0486. The van der Waals surface area contributed by atoms with Gasteiger partial charge in [-0.15, -0.1) is 0 Å². The van der Waals surface area contributed by atoms with Crippen LogP contribution in [0.25, 0.3) is 0 Å². The second kappa shape index (κ2) is 5.06. The number of anilines is 1. The predicted octanol–water partition coefficient (Wildman–Crippen LogP) is 1.92. The maximum Gasteiger partial charge on any atom is 0.230 e. The van der Waals surface area contributed by atoms with E-state index in [2.05, 4.69) is 26.6 Å². The average molecular weight is 299 g/mol. The monoisotopic (exact) mass is 298 g/mol. The molecule has 1 saturated heterocycles. The smallest absolute Gasteiger partial charge is 0.230 e. The van der Waals surface area contributed by atoms with E-state index in [0.29, 0.717) is 5.75 Å². The summed E-state index contributed by atoms with van der Waals surface area (Å²) in [4.78, 5) is 11.9. The van der Waals surface area contributed by atoms with Gasteiger partial charge >= 0.3 is 0 Å². The second-order valence-corrected chi connectivity index (χ2v) is 5.06. The molecule has 5 heteroatoms. The van der Waals surface area contributed by atoms with Crippen molar-refractivity contribution in [2.24, 2.45) is 5.92 Å². The molecule has 1 fully saturated rings. The molecule has 0 bridgehead atoms. The molecular formula is C12H15BrN2O2. The molecule has 0 aliphatic carbocycles. The third kappa shape index (κ3) is 2.61. The predicted molar refractivity (Wildman–Crippen MR) is 70.4 cm³/mol. The van der Waals surface area contributed by atoms with E-state index in [9.17, 15) is 4.79 Å². The van der Waals surface area contributed by atoms with Crippen molar-refractivity contribution in [3.05, 3.63) is 22.2 Å². The number of carbonyl (C=O) groups excluding carboxylic acids is 1. The molecule has 1 aliphatic heterocycles. The first-order valence-corrected chi connectivity index (χ1v) is 6.27. The summed E-state index contributed by atoms with van der Waals surface area (Å²) >= 11 is 3.41. The summed E-state index contributed by atoms with van der Waals surface area (Å²) in [5.41, 5.74) is 1.74. The van der Waals surface area contributed by atoms with E-state index in [1.54, 1.807) is 7.11 Å². The van der Waals surface area contributed by atoms with Crippen molar-refractivity contribution in [2.45, 2.75) is 6.92 Å². The van der Waals surface area contributed by atoms with E-state index in [0.717, 1.165) is 28.8 Å². The molecule has 1 heterocycles. The molecule has 1 amide bonds. The number of ether oxygens (including phenoxy) is 1. The summed E-state index contributed by atoms with van der Waals surface area (Å²) in [6.45, 7) is 3.45. The van der Waals surface area contributed by atoms with Crippen LogP contribution < -0.4 is 15.4 Å². The van der Waals surface area contributed by atoms with Gasteiger partial charge in [0.2, 0.25) is 5.91 Å². The van der Waals surface area contributed by atoms with E-state index in [1.165, 1.54) is 0 Å². The molecule has 0 aromatic heterocycles. The first-order valence-electron chi connectivity index (χ1n) is 5.47. The van der Waals surface area contributed by atoms with Gasteiger partial charge in [-0.3, -0.25) is 4.79 Å². The Balaban J connectivity index is 2.21. The largest absolute Gasteiger partial charge is 0.495 e. The van der Waals surface area contributed by atoms with Gasteiger partial charge in [0.05, 0.1) is 18.7 Å². The number of amides is 1. The van der Waals surface area contributed by atoms with Crippen LogP contribution in [0.15, 0.2) is 16.6 Å². The highest BCUT2D eigenvalue weighted by atomic mass is 79.9. The Bertz CT molecular complexity index is 444. The number of rotatable bonds is 3. The maximum absolute atomic E-state index is 11.9. The van der Waals surface area contributed by atoms with Crippen molar-refractivity contribution in [1.29, 1.82) is 0 Å². The molecule has 17 heavy (non-hydrogen) atoms. The number of aryl methyl sites for hydroxylation is 1. The average Bonchev–Trinajstić information content (AvgIpc) is 2.19. The second-order valence-electron chi connectivity index (χ2n) is 4.14. The van der Waals surface area contributed by atoms with Crippen molar-refractivity contribution in [1.82, 2.24) is 5.32 Å². The third-order valence-electron chi connectivity index (χ3n) is 2.88. The number of carbonyl (C=O) groups is 1. The van der Waals surface area contributed by atoms with Crippen molar-refractivity contribution in [3.63, 3.8) is 0 Å². The van der Waals surface area contributed by atoms with Gasteiger partial charge in [-0.1, -0.05) is 15.9 Å². The van der Waals surface area contributed by atoms with Gasteiger partial charge in [-0.25, -0.2) is 0 Å². The number of halogens is 1. The topological polar surface area (TPSA) is 50.4 Å². The van der Waals surface area contributed by atoms with Gasteiger partial charge in [-0.05, 0) is 24.6 Å². The van der Waals surface area contributed by atoms with Crippen LogP contribution in [0, 0.1) is 12.8 Å². The maximum atomic E-state index is 11.9. The first-order chi connectivity index (χ1) is 8.11. The van der Waals surface area contributed by atoms with Crippen molar-refractivity contribution in [2.75, 3.05) is 25.5 Å². The fourth-order valence-electron chi connectivity index (χ4n) is 1.73. The number of benzene rings is 1. The minimum absolute atomic E-state index is 0.0486. The standard InChI is InChI=1S/C12H15BrN2O2/c1-7-3-9(13)4-10(17-2)11(7)15-12(16)8-5-14-6-8/h3-4,8,14H,5-6H2,1-2H3,(H,15,16). The van der Waals surface area contributed by atoms with Gasteiger partial charge < -0.3 is 15.4 Å². The quantitative estimate of drug-likeness (QED) is 0.896. The summed E-state index contributed by atoms with van der Waals surface area (Å²) in [5.74, 6) is 0.799. The van der Waals surface area contributed by atoms with Crippen LogP contribution in [0.3, 0.4) is 0 Å². The van der Waals surface area contributed by atoms with Gasteiger partial charge in [0.25, 0.3) is 0 Å². The molecular weight excluding hydrogens is 284 g/mol. The summed E-state index contributed by atoms with van der Waals surface area (Å²) in [5, 5.41) is 6.01. The van der Waals surface area contributed by atoms with E-state index in [1.807, 2.05) is 19.1 Å². The third-order valence-corrected chi connectivity index (χ3v) is 3.34. The SMILES string of the molecule is COc1cc(Br)cc(C)c1NC(=O)C1CNC1. The molecule has 0 spiro atoms. The zero-order valence-corrected chi connectivity index (χ0v) is 11.4. The minimum Gasteiger partial charge on any atom is -0.495 e. The van der Waals surface area contributed by atoms with E-state index in [4.69, 9.17) is 4.74 Å². The molecule has 0 radical (unpaired) electrons. The van der Waals surface area contributed by atoms with E-state index < -0.39 is 0 Å². The Morgan fingerprint density at radius 2 is 2.24 bits per heavy atom. The lowest BCUT2D eigenvalue weighted by atomic mass is 10.0. The Hall–Kier alpha value is -1.07. The number of methoxy groups -OCH3 is 1. The van der Waals surface area contributed by atoms with Gasteiger partial charge in [0.15, 0.2) is 0 Å². The van der Waals surface area contributed by atoms with Crippen LogP contribution in [0.1, 0.15) is 5.56 Å². The Labute approximate surface area is 109 Å². The molecule has 2 rings (SSSR count). The summed E-state index contributed by atoms with van der Waals surface area (Å²) < 4.78 is 6.22. The Morgan fingerprint density at radius 1 is 1.53 bits per heavy atom. The first kappa shape index (κ1) is 12.4. The van der Waals surface area contributed by atoms with Crippen molar-refractivity contribution in [3.8, 4) is 5.75 Å². The molecule has 2 N–H and O–H groups in total. The normalized spacial score (nSPS) is 15.2. The Kier molecular flexibility index (Phi) is 3.69. The van der Waals surface area contributed by atoms with Gasteiger partial charge in [0.1, 0.15) is 5.75 Å². The highest BCUT2D eigenvalue weighted by Crippen LogP contribution is 2.32. The van der Waals surface area contributed by atoms with Crippen LogP contribution in [-0.4, -0.2) is 26.1 Å². The zero-order valence-electron chi connectivity index (χ0n) is 9.84. The fraction of sp³-hybridized carbons (Fsp3) is 0.417. The van der Waals surface area contributed by atoms with Gasteiger partial charge in [0, 0.05) is 17.6 Å². The summed E-state index contributed by atoms with van der Waals surface area (Å²) in [6, 6.07) is 3.80. The van der Waals surface area contributed by atoms with Gasteiger partial charge in [-0.2, -0.15) is 0 Å². The zero-order chi connectivity index (χ0) is 12.4. The highest BCUT2D eigenvalue weighted by molar-refractivity contribution is 9.10. The molecule has 0 atom stereocenters. The highest BCUT2D eigenvalue weighted by Gasteiger charge is 2.25.